The van der Waals surface area contributed by atoms with E-state index in [1.54, 1.807) is 21.3 Å². The molecule has 0 aliphatic rings. The molecule has 0 saturated carbocycles. The Hall–Kier alpha value is -4.69. The fraction of sp³-hybridized carbons (Fsp3) is 0.100. The smallest absolute Gasteiger partial charge is 0.335 e. The highest BCUT2D eigenvalue weighted by atomic mass is 32.1. The summed E-state index contributed by atoms with van der Waals surface area (Å²) < 4.78 is 35.1. The number of ketones is 1. The van der Waals surface area contributed by atoms with Crippen molar-refractivity contribution in [3.8, 4) is 34.1 Å². The summed E-state index contributed by atoms with van der Waals surface area (Å²) in [5.74, 6) is 1.59. The first-order valence-corrected chi connectivity index (χ1v) is 12.3. The van der Waals surface area contributed by atoms with Crippen LogP contribution in [0.5, 0.6) is 17.2 Å². The van der Waals surface area contributed by atoms with Gasteiger partial charge in [-0.2, -0.15) is 8.42 Å². The van der Waals surface area contributed by atoms with Gasteiger partial charge in [-0.15, -0.1) is 0 Å². The second-order valence-corrected chi connectivity index (χ2v) is 8.29. The molecule has 0 saturated heterocycles. The quantitative estimate of drug-likeness (QED) is 0.246. The Morgan fingerprint density at radius 1 is 0.684 bits per heavy atom. The van der Waals surface area contributed by atoms with Gasteiger partial charge in [0.2, 0.25) is 11.5 Å². The van der Waals surface area contributed by atoms with Crippen LogP contribution in [0.4, 0.5) is 0 Å². The van der Waals surface area contributed by atoms with Gasteiger partial charge in [0, 0.05) is 16.6 Å². The van der Waals surface area contributed by atoms with Gasteiger partial charge >= 0.3 is 11.6 Å². The minimum Gasteiger partial charge on any atom is -0.493 e. The van der Waals surface area contributed by atoms with Crippen molar-refractivity contribution in [1.29, 1.82) is 0 Å². The number of methoxy groups -OCH3 is 3. The van der Waals surface area contributed by atoms with E-state index in [0.717, 1.165) is 27.7 Å². The number of carbonyl (C=O) groups is 1. The topological polar surface area (TPSA) is 83.8 Å². The van der Waals surface area contributed by atoms with Crippen LogP contribution in [0.25, 0.3) is 27.7 Å². The van der Waals surface area contributed by atoms with Gasteiger partial charge in [-0.1, -0.05) is 54.6 Å². The van der Waals surface area contributed by atoms with E-state index in [4.69, 9.17) is 22.6 Å². The van der Waals surface area contributed by atoms with Gasteiger partial charge in [0.15, 0.2) is 11.5 Å². The average Bonchev–Trinajstić information content (AvgIpc) is 3.36. The summed E-state index contributed by atoms with van der Waals surface area (Å²) in [5, 5.41) is 1.01. The fourth-order valence-corrected chi connectivity index (χ4v) is 4.41. The molecule has 4 aromatic carbocycles. The molecule has 7 nitrogen and oxygen atoms in total. The summed E-state index contributed by atoms with van der Waals surface area (Å²) in [7, 11) is 4.75. The van der Waals surface area contributed by atoms with Crippen LogP contribution in [-0.2, 0) is 11.6 Å². The molecule has 0 bridgehead atoms. The number of hydrogen-bond donors (Lipinski definition) is 0. The summed E-state index contributed by atoms with van der Waals surface area (Å²) in [6.45, 7) is 0. The number of fused-ring (bicyclic) bond motifs is 1. The Morgan fingerprint density at radius 3 is 1.95 bits per heavy atom. The lowest BCUT2D eigenvalue weighted by Gasteiger charge is -2.15. The molecule has 8 heteroatoms. The SMILES string of the molecule is COc1cc(-c2cccc(C(=O)c3cc4ccccc4n3-c3ccccc3)c2)cc(OC)c1OC.O=S=O. The first-order chi connectivity index (χ1) is 18.6. The van der Waals surface area contributed by atoms with Gasteiger partial charge in [-0.05, 0) is 53.6 Å². The summed E-state index contributed by atoms with van der Waals surface area (Å²) in [6, 6.07) is 31.3. The standard InChI is InChI=1S/C30H25NO4.O2S/c1-33-27-18-23(19-28(34-2)30(27)35-3)20-11-9-12-22(16-20)29(32)26-17-21-10-7-8-15-25(21)31(26)24-13-5-4-6-14-24;1-3-2/h4-19H,1-3H3;. The molecule has 0 atom stereocenters. The van der Waals surface area contributed by atoms with E-state index in [2.05, 4.69) is 0 Å². The Morgan fingerprint density at radius 2 is 1.32 bits per heavy atom. The lowest BCUT2D eigenvalue weighted by Crippen LogP contribution is -2.09. The van der Waals surface area contributed by atoms with Crippen LogP contribution in [-0.4, -0.2) is 40.1 Å². The van der Waals surface area contributed by atoms with Gasteiger partial charge in [-0.3, -0.25) is 4.79 Å². The van der Waals surface area contributed by atoms with Gasteiger partial charge < -0.3 is 18.8 Å². The number of hydrogen-bond acceptors (Lipinski definition) is 6. The maximum absolute atomic E-state index is 13.9. The summed E-state index contributed by atoms with van der Waals surface area (Å²) in [4.78, 5) is 13.9. The van der Waals surface area contributed by atoms with E-state index in [1.165, 1.54) is 0 Å². The number of carbonyl (C=O) groups excluding carboxylic acids is 1. The molecule has 0 aliphatic heterocycles. The van der Waals surface area contributed by atoms with Crippen molar-refractivity contribution >= 4 is 28.3 Å². The maximum atomic E-state index is 13.9. The van der Waals surface area contributed by atoms with Gasteiger partial charge in [0.05, 0.1) is 32.5 Å². The molecule has 0 aliphatic carbocycles. The van der Waals surface area contributed by atoms with E-state index in [0.29, 0.717) is 28.5 Å². The first-order valence-electron chi connectivity index (χ1n) is 11.6. The molecule has 0 spiro atoms. The number of aromatic nitrogens is 1. The van der Waals surface area contributed by atoms with E-state index >= 15 is 0 Å². The Balaban J connectivity index is 0.00000107. The lowest BCUT2D eigenvalue weighted by molar-refractivity contribution is 0.103. The van der Waals surface area contributed by atoms with Crippen molar-refractivity contribution in [3.63, 3.8) is 0 Å². The van der Waals surface area contributed by atoms with Gasteiger partial charge in [0.25, 0.3) is 0 Å². The average molecular weight is 528 g/mol. The largest absolute Gasteiger partial charge is 0.493 e. The third kappa shape index (κ3) is 5.21. The van der Waals surface area contributed by atoms with E-state index in [1.807, 2.05) is 102 Å². The van der Waals surface area contributed by atoms with Gasteiger partial charge in [-0.25, -0.2) is 0 Å². The van der Waals surface area contributed by atoms with Crippen molar-refractivity contribution < 1.29 is 27.4 Å². The summed E-state index contributed by atoms with van der Waals surface area (Å²) in [6.07, 6.45) is 0. The van der Waals surface area contributed by atoms with Crippen LogP contribution in [0.15, 0.2) is 97.1 Å². The minimum absolute atomic E-state index is 0.0562. The fourth-order valence-electron chi connectivity index (χ4n) is 4.41. The molecule has 1 heterocycles. The summed E-state index contributed by atoms with van der Waals surface area (Å²) in [5.41, 5.74) is 4.87. The summed E-state index contributed by atoms with van der Waals surface area (Å²) >= 11 is -0.750. The first kappa shape index (κ1) is 26.4. The zero-order chi connectivity index (χ0) is 27.1. The molecule has 5 aromatic rings. The molecule has 0 N–H and O–H groups in total. The predicted octanol–water partition coefficient (Wildman–Crippen LogP) is 5.88. The Bertz CT molecular complexity index is 1600. The Labute approximate surface area is 223 Å². The molecule has 0 fully saturated rings. The van der Waals surface area contributed by atoms with Crippen LogP contribution in [0.2, 0.25) is 0 Å². The van der Waals surface area contributed by atoms with Crippen LogP contribution in [0.1, 0.15) is 16.1 Å². The van der Waals surface area contributed by atoms with Crippen LogP contribution < -0.4 is 14.2 Å². The second kappa shape index (κ2) is 12.0. The lowest BCUT2D eigenvalue weighted by atomic mass is 9.99. The number of para-hydroxylation sites is 2. The number of ether oxygens (including phenoxy) is 3. The minimum atomic E-state index is -0.750. The van der Waals surface area contributed by atoms with Crippen LogP contribution >= 0.6 is 0 Å². The monoisotopic (exact) mass is 527 g/mol. The van der Waals surface area contributed by atoms with Crippen molar-refractivity contribution in [1.82, 2.24) is 4.57 Å². The number of nitrogens with zero attached hydrogens (tertiary/aromatic N) is 1. The van der Waals surface area contributed by atoms with Crippen molar-refractivity contribution in [2.24, 2.45) is 0 Å². The van der Waals surface area contributed by atoms with Crippen LogP contribution in [0, 0.1) is 0 Å². The highest BCUT2D eigenvalue weighted by Gasteiger charge is 2.20. The van der Waals surface area contributed by atoms with Crippen molar-refractivity contribution in [3.05, 3.63) is 108 Å². The molecule has 38 heavy (non-hydrogen) atoms. The maximum Gasteiger partial charge on any atom is 0.335 e. The molecule has 0 amide bonds. The van der Waals surface area contributed by atoms with E-state index in [9.17, 15) is 4.79 Å². The van der Waals surface area contributed by atoms with Crippen molar-refractivity contribution in [2.75, 3.05) is 21.3 Å². The molecule has 0 unspecified atom stereocenters. The number of rotatable bonds is 7. The highest BCUT2D eigenvalue weighted by Crippen LogP contribution is 2.41. The second-order valence-electron chi connectivity index (χ2n) is 8.15. The van der Waals surface area contributed by atoms with Crippen molar-refractivity contribution in [2.45, 2.75) is 0 Å². The predicted molar refractivity (Wildman–Crippen MR) is 147 cm³/mol. The molecular weight excluding hydrogens is 502 g/mol. The third-order valence-corrected chi connectivity index (χ3v) is 6.08. The molecular formula is C30H25NO6S. The third-order valence-electron chi connectivity index (χ3n) is 6.08. The zero-order valence-electron chi connectivity index (χ0n) is 21.0. The van der Waals surface area contributed by atoms with Gasteiger partial charge in [0.1, 0.15) is 0 Å². The van der Waals surface area contributed by atoms with Crippen LogP contribution in [0.3, 0.4) is 0 Å². The Kier molecular flexibility index (Phi) is 8.35. The van der Waals surface area contributed by atoms with E-state index in [-0.39, 0.29) is 5.78 Å². The highest BCUT2D eigenvalue weighted by molar-refractivity contribution is 7.51. The van der Waals surface area contributed by atoms with E-state index < -0.39 is 11.6 Å². The number of benzene rings is 4. The molecule has 192 valence electrons. The zero-order valence-corrected chi connectivity index (χ0v) is 21.9. The normalized spacial score (nSPS) is 10.3. The molecule has 1 aromatic heterocycles. The molecule has 5 rings (SSSR count). The molecule has 0 radical (unpaired) electrons.